The standard InChI is InChI=1S/3C18H23F3N6S.C10H6ClF3N4S/c3*1-11(22)17(2)5-8-27(9-6-17)13-10-25-16(15(23)26-13)28-12-4-3-7-24-14(12)18(19,20)21;11-6-4-17-9(8(15)18-6)19-5-2-1-3-16-7(5)10(12,13)14/h3*3-4,7,10-11H,5-6,8-9,22H2,1-2H3,(H2,23,26);1-4H,(H2,15,18)/t2*11-;;/m10../s1. The molecule has 0 aromatic carbocycles. The summed E-state index contributed by atoms with van der Waals surface area (Å²) in [4.78, 5) is 53.0. The number of rotatable bonds is 14. The van der Waals surface area contributed by atoms with Crippen LogP contribution in [0.1, 0.15) is 103 Å². The lowest BCUT2D eigenvalue weighted by Gasteiger charge is -2.42. The van der Waals surface area contributed by atoms with Crippen LogP contribution in [-0.4, -0.2) is 117 Å². The summed E-state index contributed by atoms with van der Waals surface area (Å²) in [5.41, 5.74) is 38.2. The fraction of sp³-hybridized carbons (Fsp3) is 0.438. The van der Waals surface area contributed by atoms with Crippen LogP contribution in [0.4, 0.5) is 93.4 Å². The maximum absolute atomic E-state index is 13.1. The number of halogens is 13. The Morgan fingerprint density at radius 2 is 0.583 bits per heavy atom. The number of aromatic nitrogens is 12. The van der Waals surface area contributed by atoms with Crippen molar-refractivity contribution in [1.82, 2.24) is 59.8 Å². The summed E-state index contributed by atoms with van der Waals surface area (Å²) in [5, 5.41) is 0.881. The molecule has 3 fully saturated rings. The van der Waals surface area contributed by atoms with Crippen LogP contribution in [0.2, 0.25) is 5.15 Å². The Morgan fingerprint density at radius 1 is 0.369 bits per heavy atom. The van der Waals surface area contributed by atoms with Crippen molar-refractivity contribution in [2.75, 3.05) is 76.9 Å². The van der Waals surface area contributed by atoms with Gasteiger partial charge in [0.15, 0.2) is 46.0 Å². The lowest BCUT2D eigenvalue weighted by atomic mass is 9.75. The second kappa shape index (κ2) is 33.6. The molecule has 0 bridgehead atoms. The van der Waals surface area contributed by atoms with Gasteiger partial charge in [-0.1, -0.05) is 79.4 Å². The quantitative estimate of drug-likeness (QED) is 0.0497. The van der Waals surface area contributed by atoms with Crippen LogP contribution in [0.15, 0.2) is 138 Å². The molecule has 11 heterocycles. The highest BCUT2D eigenvalue weighted by molar-refractivity contribution is 8.00. The molecular weight excluding hydrogens is 1470 g/mol. The molecule has 3 saturated heterocycles. The zero-order chi connectivity index (χ0) is 75.6. The van der Waals surface area contributed by atoms with Crippen LogP contribution in [0.25, 0.3) is 0 Å². The predicted octanol–water partition coefficient (Wildman–Crippen LogP) is 14.0. The van der Waals surface area contributed by atoms with Crippen LogP contribution >= 0.6 is 58.6 Å². The van der Waals surface area contributed by atoms with Crippen molar-refractivity contribution in [2.45, 2.75) is 163 Å². The highest BCUT2D eigenvalue weighted by Gasteiger charge is 2.41. The number of hydrogen-bond acceptors (Lipinski definition) is 26. The second-order valence-electron chi connectivity index (χ2n) is 25.2. The molecule has 39 heteroatoms. The maximum atomic E-state index is 13.1. The molecule has 0 saturated carbocycles. The molecule has 0 spiro atoms. The van der Waals surface area contributed by atoms with Crippen molar-refractivity contribution in [3.05, 3.63) is 126 Å². The molecule has 3 aliphatic rings. The van der Waals surface area contributed by atoms with Gasteiger partial charge in [0.2, 0.25) is 0 Å². The van der Waals surface area contributed by atoms with Gasteiger partial charge in [0.05, 0.1) is 24.8 Å². The minimum absolute atomic E-state index is 0.0329. The number of nitrogen functional groups attached to an aromatic ring is 4. The van der Waals surface area contributed by atoms with E-state index in [-0.39, 0.29) is 102 Å². The number of nitrogens with zero attached hydrogens (tertiary/aromatic N) is 15. The van der Waals surface area contributed by atoms with Gasteiger partial charge in [0.25, 0.3) is 0 Å². The first-order valence-electron chi connectivity index (χ1n) is 31.7. The fourth-order valence-corrected chi connectivity index (χ4v) is 14.2. The number of alkyl halides is 12. The van der Waals surface area contributed by atoms with E-state index in [4.69, 9.17) is 51.7 Å². The Balaban J connectivity index is 0.000000176. The average Bonchev–Trinajstić information content (AvgIpc) is 0.809. The number of hydrogen-bond donors (Lipinski definition) is 7. The largest absolute Gasteiger partial charge is 0.434 e. The molecule has 11 rings (SSSR count). The fourth-order valence-electron chi connectivity index (χ4n) is 10.6. The van der Waals surface area contributed by atoms with E-state index in [1.165, 1.54) is 54.7 Å². The van der Waals surface area contributed by atoms with E-state index in [1.807, 2.05) is 20.8 Å². The zero-order valence-corrected chi connectivity index (χ0v) is 60.3. The van der Waals surface area contributed by atoms with E-state index in [2.05, 4.69) is 95.3 Å². The molecule has 0 amide bonds. The van der Waals surface area contributed by atoms with Gasteiger partial charge in [0.1, 0.15) is 42.7 Å². The first-order valence-corrected chi connectivity index (χ1v) is 35.3. The molecule has 103 heavy (non-hydrogen) atoms. The SMILES string of the molecule is CC(N)C1(C)CCN(c2cnc(Sc3cccnc3C(F)(F)F)c(N)n2)CC1.C[C@@H](N)C1(C)CCN(c2cnc(Sc3cccnc3C(F)(F)F)c(N)n2)CC1.C[C@H](N)C1(C)CCN(c2cnc(Sc3cccnc3C(F)(F)F)c(N)n2)CC1.Nc1nc(Cl)cnc1Sc1cccnc1C(F)(F)F. The smallest absolute Gasteiger partial charge is 0.381 e. The van der Waals surface area contributed by atoms with Gasteiger partial charge in [-0.25, -0.2) is 39.9 Å². The van der Waals surface area contributed by atoms with Crippen LogP contribution in [0.3, 0.4) is 0 Å². The molecule has 0 radical (unpaired) electrons. The second-order valence-corrected chi connectivity index (χ2v) is 29.7. The molecular formula is C64H75ClF12N22S4. The molecule has 0 aliphatic carbocycles. The van der Waals surface area contributed by atoms with E-state index in [1.54, 1.807) is 18.6 Å². The van der Waals surface area contributed by atoms with Crippen molar-refractivity contribution in [3.63, 3.8) is 0 Å². The van der Waals surface area contributed by atoms with Gasteiger partial charge >= 0.3 is 24.7 Å². The Bertz CT molecular complexity index is 3820. The van der Waals surface area contributed by atoms with Crippen LogP contribution < -0.4 is 54.8 Å². The first kappa shape index (κ1) is 80.9. The summed E-state index contributed by atoms with van der Waals surface area (Å²) in [7, 11) is 0. The van der Waals surface area contributed by atoms with E-state index >= 15 is 0 Å². The lowest BCUT2D eigenvalue weighted by molar-refractivity contribution is -0.144. The van der Waals surface area contributed by atoms with E-state index < -0.39 is 47.5 Å². The van der Waals surface area contributed by atoms with Gasteiger partial charge in [-0.2, -0.15) is 52.7 Å². The Morgan fingerprint density at radius 3 is 0.777 bits per heavy atom. The van der Waals surface area contributed by atoms with Crippen molar-refractivity contribution in [1.29, 1.82) is 0 Å². The van der Waals surface area contributed by atoms with Gasteiger partial charge in [-0.15, -0.1) is 0 Å². The monoisotopic (exact) mass is 1540 g/mol. The maximum Gasteiger partial charge on any atom is 0.434 e. The molecule has 22 nitrogen and oxygen atoms in total. The van der Waals surface area contributed by atoms with Crippen LogP contribution in [0, 0.1) is 16.2 Å². The van der Waals surface area contributed by atoms with Crippen LogP contribution in [0.5, 0.6) is 0 Å². The Kier molecular flexibility index (Phi) is 26.4. The molecule has 1 unspecified atom stereocenters. The minimum atomic E-state index is -4.55. The van der Waals surface area contributed by atoms with Gasteiger partial charge in [-0.05, 0) is 124 Å². The van der Waals surface area contributed by atoms with E-state index in [9.17, 15) is 52.7 Å². The molecule has 3 aliphatic heterocycles. The Labute approximate surface area is 607 Å². The summed E-state index contributed by atoms with van der Waals surface area (Å²) in [6.07, 6.45) is -2.38. The molecule has 14 N–H and O–H groups in total. The van der Waals surface area contributed by atoms with Gasteiger partial charge in [-0.3, -0.25) is 19.9 Å². The third-order valence-electron chi connectivity index (χ3n) is 18.0. The summed E-state index contributed by atoms with van der Waals surface area (Å²) in [6, 6.07) is 11.4. The highest BCUT2D eigenvalue weighted by atomic mass is 35.5. The Hall–Kier alpha value is -7.75. The van der Waals surface area contributed by atoms with Crippen molar-refractivity contribution >= 4 is 99.4 Å². The van der Waals surface area contributed by atoms with Crippen molar-refractivity contribution in [3.8, 4) is 0 Å². The average molecular weight is 1540 g/mol. The predicted molar refractivity (Wildman–Crippen MR) is 374 cm³/mol. The van der Waals surface area contributed by atoms with Crippen molar-refractivity contribution < 1.29 is 52.7 Å². The van der Waals surface area contributed by atoms with E-state index in [0.29, 0.717) is 17.5 Å². The van der Waals surface area contributed by atoms with Crippen LogP contribution in [-0.2, 0) is 24.7 Å². The number of nitrogens with two attached hydrogens (primary N) is 7. The van der Waals surface area contributed by atoms with Gasteiger partial charge < -0.3 is 54.8 Å². The number of anilines is 7. The molecule has 8 aromatic rings. The van der Waals surface area contributed by atoms with Gasteiger partial charge in [0, 0.05) is 102 Å². The zero-order valence-electron chi connectivity index (χ0n) is 56.3. The number of pyridine rings is 4. The molecule has 3 atom stereocenters. The van der Waals surface area contributed by atoms with E-state index in [0.717, 1.165) is 150 Å². The summed E-state index contributed by atoms with van der Waals surface area (Å²) in [5.74, 6) is 2.12. The number of piperidine rings is 3. The molecule has 556 valence electrons. The highest BCUT2D eigenvalue weighted by Crippen LogP contribution is 2.45. The third-order valence-corrected chi connectivity index (χ3v) is 22.4. The normalized spacial score (nSPS) is 16.9. The lowest BCUT2D eigenvalue weighted by Crippen LogP contribution is -2.47. The summed E-state index contributed by atoms with van der Waals surface area (Å²) in [6.45, 7) is 17.3. The summed E-state index contributed by atoms with van der Waals surface area (Å²) < 4.78 is 156. The van der Waals surface area contributed by atoms with Crippen molar-refractivity contribution in [2.24, 2.45) is 33.4 Å². The minimum Gasteiger partial charge on any atom is -0.381 e. The summed E-state index contributed by atoms with van der Waals surface area (Å²) >= 11 is 8.74. The topological polar surface area (TPSA) is 347 Å². The molecule has 8 aromatic heterocycles. The third kappa shape index (κ3) is 21.3. The first-order chi connectivity index (χ1) is 48.2.